The van der Waals surface area contributed by atoms with Crippen molar-refractivity contribution in [3.05, 3.63) is 29.8 Å². The quantitative estimate of drug-likeness (QED) is 0.856. The number of aliphatic hydroxyl groups is 1. The van der Waals surface area contributed by atoms with E-state index in [0.717, 1.165) is 19.6 Å². The van der Waals surface area contributed by atoms with Gasteiger partial charge in [0.05, 0.1) is 6.61 Å². The topological polar surface area (TPSA) is 35.5 Å². The zero-order chi connectivity index (χ0) is 13.7. The van der Waals surface area contributed by atoms with Crippen LogP contribution < -0.4 is 5.32 Å². The Hall–Kier alpha value is -1.06. The lowest BCUT2D eigenvalue weighted by atomic mass is 10.0. The lowest BCUT2D eigenvalue weighted by molar-refractivity contribution is 0.166. The number of hydrogen-bond donors (Lipinski definition) is 2. The first-order chi connectivity index (χ1) is 9.19. The number of likely N-dealkylation sites (tertiary alicyclic amines) is 1. The first kappa shape index (κ1) is 14.4. The Morgan fingerprint density at radius 2 is 2.05 bits per heavy atom. The van der Waals surface area contributed by atoms with Gasteiger partial charge in [-0.2, -0.15) is 0 Å². The summed E-state index contributed by atoms with van der Waals surface area (Å²) in [6.07, 6.45) is 2.43. The Kier molecular flexibility index (Phi) is 5.23. The van der Waals surface area contributed by atoms with Gasteiger partial charge in [-0.05, 0) is 43.0 Å². The van der Waals surface area contributed by atoms with Crippen molar-refractivity contribution >= 4 is 5.69 Å². The molecule has 1 aromatic rings. The number of piperidine rings is 1. The number of rotatable bonds is 5. The molecule has 2 rings (SSSR count). The van der Waals surface area contributed by atoms with E-state index >= 15 is 0 Å². The lowest BCUT2D eigenvalue weighted by Crippen LogP contribution is -2.43. The van der Waals surface area contributed by atoms with E-state index in [1.165, 1.54) is 24.1 Å². The first-order valence-electron chi connectivity index (χ1n) is 7.38. The molecular formula is C16H26N2O. The Morgan fingerprint density at radius 1 is 1.32 bits per heavy atom. The molecule has 3 heteroatoms. The number of anilines is 1. The summed E-state index contributed by atoms with van der Waals surface area (Å²) in [5.74, 6) is 0.587. The Balaban J connectivity index is 1.89. The Bertz CT molecular complexity index is 373. The highest BCUT2D eigenvalue weighted by molar-refractivity contribution is 5.46. The molecule has 0 bridgehead atoms. The summed E-state index contributed by atoms with van der Waals surface area (Å²) in [6, 6.07) is 9.29. The van der Waals surface area contributed by atoms with Crippen LogP contribution in [0.3, 0.4) is 0 Å². The number of nitrogens with one attached hydrogen (secondary N) is 1. The Labute approximate surface area is 116 Å². The first-order valence-corrected chi connectivity index (χ1v) is 7.38. The van der Waals surface area contributed by atoms with Gasteiger partial charge in [0, 0.05) is 24.8 Å². The molecular weight excluding hydrogens is 236 g/mol. The van der Waals surface area contributed by atoms with E-state index in [0.29, 0.717) is 12.0 Å². The van der Waals surface area contributed by atoms with Crippen LogP contribution in [0.4, 0.5) is 5.69 Å². The minimum Gasteiger partial charge on any atom is -0.395 e. The van der Waals surface area contributed by atoms with Crippen molar-refractivity contribution in [1.82, 2.24) is 4.90 Å². The molecule has 0 radical (unpaired) electrons. The van der Waals surface area contributed by atoms with Gasteiger partial charge in [-0.25, -0.2) is 0 Å². The van der Waals surface area contributed by atoms with Crippen LogP contribution in [0.5, 0.6) is 0 Å². The molecule has 0 amide bonds. The highest BCUT2D eigenvalue weighted by Crippen LogP contribution is 2.19. The fourth-order valence-electron chi connectivity index (χ4n) is 2.72. The second-order valence-electron chi connectivity index (χ2n) is 5.78. The van der Waals surface area contributed by atoms with Crippen LogP contribution in [0.25, 0.3) is 0 Å². The van der Waals surface area contributed by atoms with Gasteiger partial charge in [-0.15, -0.1) is 0 Å². The predicted octanol–water partition coefficient (Wildman–Crippen LogP) is 2.68. The molecule has 1 aromatic carbocycles. The molecule has 1 aliphatic heterocycles. The van der Waals surface area contributed by atoms with Crippen molar-refractivity contribution in [2.75, 3.05) is 31.6 Å². The third-order valence-corrected chi connectivity index (χ3v) is 3.87. The van der Waals surface area contributed by atoms with Crippen molar-refractivity contribution in [2.24, 2.45) is 0 Å². The largest absolute Gasteiger partial charge is 0.395 e. The average molecular weight is 262 g/mol. The molecule has 0 spiro atoms. The molecule has 19 heavy (non-hydrogen) atoms. The fraction of sp³-hybridized carbons (Fsp3) is 0.625. The van der Waals surface area contributed by atoms with Gasteiger partial charge in [-0.3, -0.25) is 4.90 Å². The molecule has 1 atom stereocenters. The van der Waals surface area contributed by atoms with Crippen LogP contribution in [-0.4, -0.2) is 42.3 Å². The summed E-state index contributed by atoms with van der Waals surface area (Å²) in [5, 5.41) is 12.6. The van der Waals surface area contributed by atoms with Crippen molar-refractivity contribution in [3.8, 4) is 0 Å². The molecule has 1 saturated heterocycles. The van der Waals surface area contributed by atoms with Crippen LogP contribution in [-0.2, 0) is 0 Å². The highest BCUT2D eigenvalue weighted by atomic mass is 16.3. The second-order valence-corrected chi connectivity index (χ2v) is 5.78. The summed E-state index contributed by atoms with van der Waals surface area (Å²) in [6.45, 7) is 7.64. The SMILES string of the molecule is CC(C)c1ccc(NC2CCCN(CCO)C2)cc1. The third kappa shape index (κ3) is 4.22. The van der Waals surface area contributed by atoms with Crippen LogP contribution in [0.1, 0.15) is 38.2 Å². The molecule has 3 nitrogen and oxygen atoms in total. The number of aliphatic hydroxyl groups excluding tert-OH is 1. The van der Waals surface area contributed by atoms with Crippen LogP contribution in [0.2, 0.25) is 0 Å². The number of hydrogen-bond acceptors (Lipinski definition) is 3. The summed E-state index contributed by atoms with van der Waals surface area (Å²) in [7, 11) is 0. The van der Waals surface area contributed by atoms with E-state index < -0.39 is 0 Å². The van der Waals surface area contributed by atoms with E-state index in [1.54, 1.807) is 0 Å². The fourth-order valence-corrected chi connectivity index (χ4v) is 2.72. The summed E-state index contributed by atoms with van der Waals surface area (Å²) in [5.41, 5.74) is 2.59. The molecule has 1 heterocycles. The predicted molar refractivity (Wildman–Crippen MR) is 80.7 cm³/mol. The zero-order valence-corrected chi connectivity index (χ0v) is 12.1. The normalized spacial score (nSPS) is 20.7. The van der Waals surface area contributed by atoms with Gasteiger partial charge in [0.25, 0.3) is 0 Å². The molecule has 106 valence electrons. The summed E-state index contributed by atoms with van der Waals surface area (Å²) >= 11 is 0. The minimum absolute atomic E-state index is 0.260. The van der Waals surface area contributed by atoms with Gasteiger partial charge in [0.1, 0.15) is 0 Å². The van der Waals surface area contributed by atoms with E-state index in [9.17, 15) is 0 Å². The van der Waals surface area contributed by atoms with Crippen LogP contribution in [0, 0.1) is 0 Å². The third-order valence-electron chi connectivity index (χ3n) is 3.87. The zero-order valence-electron chi connectivity index (χ0n) is 12.1. The molecule has 0 saturated carbocycles. The van der Waals surface area contributed by atoms with Gasteiger partial charge in [0.15, 0.2) is 0 Å². The smallest absolute Gasteiger partial charge is 0.0558 e. The maximum atomic E-state index is 9.01. The van der Waals surface area contributed by atoms with Crippen LogP contribution >= 0.6 is 0 Å². The molecule has 1 fully saturated rings. The lowest BCUT2D eigenvalue weighted by Gasteiger charge is -2.33. The van der Waals surface area contributed by atoms with Gasteiger partial charge in [0.2, 0.25) is 0 Å². The van der Waals surface area contributed by atoms with Gasteiger partial charge >= 0.3 is 0 Å². The van der Waals surface area contributed by atoms with E-state index in [1.807, 2.05) is 0 Å². The van der Waals surface area contributed by atoms with E-state index in [4.69, 9.17) is 5.11 Å². The van der Waals surface area contributed by atoms with E-state index in [2.05, 4.69) is 48.3 Å². The van der Waals surface area contributed by atoms with Gasteiger partial charge in [-0.1, -0.05) is 26.0 Å². The second kappa shape index (κ2) is 6.92. The molecule has 0 aromatic heterocycles. The van der Waals surface area contributed by atoms with Gasteiger partial charge < -0.3 is 10.4 Å². The van der Waals surface area contributed by atoms with Crippen LogP contribution in [0.15, 0.2) is 24.3 Å². The molecule has 1 unspecified atom stereocenters. The highest BCUT2D eigenvalue weighted by Gasteiger charge is 2.18. The average Bonchev–Trinajstić information content (AvgIpc) is 2.40. The Morgan fingerprint density at radius 3 is 2.68 bits per heavy atom. The van der Waals surface area contributed by atoms with Crippen molar-refractivity contribution < 1.29 is 5.11 Å². The maximum absolute atomic E-state index is 9.01. The number of nitrogens with zero attached hydrogens (tertiary/aromatic N) is 1. The van der Waals surface area contributed by atoms with Crippen molar-refractivity contribution in [2.45, 2.75) is 38.6 Å². The summed E-state index contributed by atoms with van der Waals surface area (Å²) < 4.78 is 0. The molecule has 2 N–H and O–H groups in total. The number of β-amino-alcohol motifs (C(OH)–C–C–N with tert-alkyl or cyclic N) is 1. The molecule has 0 aliphatic carbocycles. The van der Waals surface area contributed by atoms with Crippen molar-refractivity contribution in [1.29, 1.82) is 0 Å². The summed E-state index contributed by atoms with van der Waals surface area (Å²) in [4.78, 5) is 2.34. The maximum Gasteiger partial charge on any atom is 0.0558 e. The standard InChI is InChI=1S/C16H26N2O/c1-13(2)14-5-7-15(8-6-14)17-16-4-3-9-18(12-16)10-11-19/h5-8,13,16-17,19H,3-4,9-12H2,1-2H3. The van der Waals surface area contributed by atoms with E-state index in [-0.39, 0.29) is 6.61 Å². The minimum atomic E-state index is 0.260. The van der Waals surface area contributed by atoms with Crippen molar-refractivity contribution in [3.63, 3.8) is 0 Å². The molecule has 1 aliphatic rings. The monoisotopic (exact) mass is 262 g/mol. The number of benzene rings is 1.